The molecule has 0 aliphatic heterocycles. The van der Waals surface area contributed by atoms with Gasteiger partial charge in [-0.1, -0.05) is 29.8 Å². The summed E-state index contributed by atoms with van der Waals surface area (Å²) in [7, 11) is 0. The Morgan fingerprint density at radius 3 is 2.68 bits per heavy atom. The zero-order valence-electron chi connectivity index (χ0n) is 17.8. The summed E-state index contributed by atoms with van der Waals surface area (Å²) in [5.74, 6) is 0.231. The summed E-state index contributed by atoms with van der Waals surface area (Å²) in [5.41, 5.74) is 7.12. The zero-order chi connectivity index (χ0) is 24.5. The van der Waals surface area contributed by atoms with Gasteiger partial charge in [-0.05, 0) is 47.7 Å². The van der Waals surface area contributed by atoms with E-state index in [0.29, 0.717) is 32.5 Å². The molecule has 0 atom stereocenters. The maximum Gasteiger partial charge on any atom is 0.417 e. The fourth-order valence-corrected chi connectivity index (χ4v) is 4.73. The number of hydrogen-bond donors (Lipinski definition) is 1. The van der Waals surface area contributed by atoms with Crippen LogP contribution in [0.15, 0.2) is 54.0 Å². The minimum absolute atomic E-state index is 0.121. The first-order chi connectivity index (χ1) is 16.2. The molecule has 0 aliphatic carbocycles. The Morgan fingerprint density at radius 1 is 1.18 bits per heavy atom. The molecule has 0 spiro atoms. The van der Waals surface area contributed by atoms with Crippen LogP contribution in [0.1, 0.15) is 28.4 Å². The number of carbonyl (C=O) groups is 1. The molecule has 0 bridgehead atoms. The van der Waals surface area contributed by atoms with Crippen LogP contribution in [0.2, 0.25) is 5.02 Å². The number of thiophene rings is 1. The molecular weight excluding hydrogens is 489 g/mol. The molecule has 0 saturated carbocycles. The van der Waals surface area contributed by atoms with E-state index in [1.54, 1.807) is 31.2 Å². The number of anilines is 1. The van der Waals surface area contributed by atoms with Crippen LogP contribution in [0.3, 0.4) is 0 Å². The van der Waals surface area contributed by atoms with Gasteiger partial charge in [0.25, 0.3) is 0 Å². The van der Waals surface area contributed by atoms with Crippen molar-refractivity contribution in [2.75, 3.05) is 12.3 Å². The van der Waals surface area contributed by atoms with Crippen LogP contribution in [-0.4, -0.2) is 17.6 Å². The van der Waals surface area contributed by atoms with Crippen molar-refractivity contribution in [3.8, 4) is 16.9 Å². The van der Waals surface area contributed by atoms with Crippen molar-refractivity contribution >= 4 is 44.8 Å². The molecule has 0 unspecified atom stereocenters. The van der Waals surface area contributed by atoms with E-state index < -0.39 is 17.7 Å². The molecule has 0 fully saturated rings. The Morgan fingerprint density at radius 2 is 1.94 bits per heavy atom. The van der Waals surface area contributed by atoms with Crippen LogP contribution in [0.4, 0.5) is 19.0 Å². The third-order valence-corrected chi connectivity index (χ3v) is 6.42. The third-order valence-electron chi connectivity index (χ3n) is 5.03. The summed E-state index contributed by atoms with van der Waals surface area (Å²) in [6, 6.07) is 10.5. The number of nitrogens with zero attached hydrogens (tertiary/aromatic N) is 1. The molecule has 4 aromatic rings. The van der Waals surface area contributed by atoms with Gasteiger partial charge in [0.2, 0.25) is 0 Å². The Bertz CT molecular complexity index is 1370. The lowest BCUT2D eigenvalue weighted by atomic mass is 10.0. The second-order valence-corrected chi connectivity index (χ2v) is 8.54. The van der Waals surface area contributed by atoms with E-state index in [1.165, 1.54) is 29.7 Å². The molecule has 0 aliphatic rings. The number of fused-ring (bicyclic) bond motifs is 1. The number of pyridine rings is 1. The highest BCUT2D eigenvalue weighted by atomic mass is 35.5. The lowest BCUT2D eigenvalue weighted by Crippen LogP contribution is -2.06. The van der Waals surface area contributed by atoms with Crippen molar-refractivity contribution in [2.24, 2.45) is 0 Å². The van der Waals surface area contributed by atoms with E-state index in [1.807, 2.05) is 5.38 Å². The van der Waals surface area contributed by atoms with Crippen LogP contribution >= 0.6 is 22.9 Å². The Kier molecular flexibility index (Phi) is 6.67. The van der Waals surface area contributed by atoms with E-state index >= 15 is 0 Å². The normalized spacial score (nSPS) is 11.6. The number of rotatable bonds is 6. The molecule has 2 N–H and O–H groups in total. The molecular formula is C24H18ClF3N2O3S. The van der Waals surface area contributed by atoms with E-state index in [0.717, 1.165) is 11.6 Å². The smallest absolute Gasteiger partial charge is 0.417 e. The van der Waals surface area contributed by atoms with Gasteiger partial charge >= 0.3 is 12.1 Å². The standard InChI is InChI=1S/C24H18ClF3N2O3S/c1-2-32-23(31)17-10-30-22(29)20-15(12-34-21(17)20)11-33-16-5-3-4-13(8-16)14-6-7-19(25)18(9-14)24(26,27)28/h3-10,12H,2,11H2,1H3,(H2,29,30). The SMILES string of the molecule is CCOC(=O)c1cnc(N)c2c(COc3cccc(-c4ccc(Cl)c(C(F)(F)F)c4)c3)csc12. The summed E-state index contributed by atoms with van der Waals surface area (Å²) in [6.45, 7) is 2.08. The second-order valence-electron chi connectivity index (χ2n) is 7.25. The third kappa shape index (κ3) is 4.80. The number of alkyl halides is 3. The number of esters is 1. The van der Waals surface area contributed by atoms with E-state index in [2.05, 4.69) is 4.98 Å². The maximum atomic E-state index is 13.2. The lowest BCUT2D eigenvalue weighted by Gasteiger charge is -2.12. The van der Waals surface area contributed by atoms with Crippen molar-refractivity contribution in [1.82, 2.24) is 4.98 Å². The Hall–Kier alpha value is -3.30. The summed E-state index contributed by atoms with van der Waals surface area (Å²) < 4.78 is 51.3. The first-order valence-corrected chi connectivity index (χ1v) is 11.4. The average molecular weight is 507 g/mol. The van der Waals surface area contributed by atoms with Crippen molar-refractivity contribution in [1.29, 1.82) is 0 Å². The predicted octanol–water partition coefficient (Wildman–Crippen LogP) is 6.97. The first kappa shape index (κ1) is 23.8. The number of carbonyl (C=O) groups excluding carboxylic acids is 1. The maximum absolute atomic E-state index is 13.2. The van der Waals surface area contributed by atoms with Gasteiger partial charge in [0.05, 0.1) is 27.5 Å². The quantitative estimate of drug-likeness (QED) is 0.286. The molecule has 0 amide bonds. The largest absolute Gasteiger partial charge is 0.489 e. The number of nitrogen functional groups attached to an aromatic ring is 1. The van der Waals surface area contributed by atoms with Gasteiger partial charge in [0.15, 0.2) is 0 Å². The monoisotopic (exact) mass is 506 g/mol. The van der Waals surface area contributed by atoms with Crippen molar-refractivity contribution in [2.45, 2.75) is 19.7 Å². The molecule has 176 valence electrons. The summed E-state index contributed by atoms with van der Waals surface area (Å²) in [4.78, 5) is 16.3. The molecule has 0 radical (unpaired) electrons. The van der Waals surface area contributed by atoms with Crippen LogP contribution in [0.25, 0.3) is 21.2 Å². The van der Waals surface area contributed by atoms with Crippen LogP contribution in [0, 0.1) is 0 Å². The first-order valence-electron chi connectivity index (χ1n) is 10.1. The predicted molar refractivity (Wildman–Crippen MR) is 126 cm³/mol. The topological polar surface area (TPSA) is 74.4 Å². The fraction of sp³-hybridized carbons (Fsp3) is 0.167. The highest BCUT2D eigenvalue weighted by Crippen LogP contribution is 2.38. The van der Waals surface area contributed by atoms with Gasteiger partial charge in [0, 0.05) is 17.1 Å². The Balaban J connectivity index is 1.60. The second kappa shape index (κ2) is 9.52. The van der Waals surface area contributed by atoms with Gasteiger partial charge in [-0.25, -0.2) is 9.78 Å². The number of nitrogens with two attached hydrogens (primary N) is 1. The lowest BCUT2D eigenvalue weighted by molar-refractivity contribution is -0.137. The molecule has 2 aromatic heterocycles. The van der Waals surface area contributed by atoms with Gasteiger partial charge in [-0.3, -0.25) is 0 Å². The number of ether oxygens (including phenoxy) is 2. The summed E-state index contributed by atoms with van der Waals surface area (Å²) in [6.07, 6.45) is -3.17. The van der Waals surface area contributed by atoms with Gasteiger partial charge in [-0.2, -0.15) is 13.2 Å². The van der Waals surface area contributed by atoms with E-state index in [9.17, 15) is 18.0 Å². The number of benzene rings is 2. The molecule has 2 heterocycles. The van der Waals surface area contributed by atoms with Gasteiger partial charge in [0.1, 0.15) is 18.2 Å². The highest BCUT2D eigenvalue weighted by Gasteiger charge is 2.33. The van der Waals surface area contributed by atoms with Crippen LogP contribution < -0.4 is 10.5 Å². The van der Waals surface area contributed by atoms with E-state index in [-0.39, 0.29) is 24.1 Å². The molecule has 34 heavy (non-hydrogen) atoms. The molecule has 5 nitrogen and oxygen atoms in total. The van der Waals surface area contributed by atoms with Crippen molar-refractivity contribution in [3.05, 3.63) is 75.8 Å². The van der Waals surface area contributed by atoms with Crippen LogP contribution in [0.5, 0.6) is 5.75 Å². The number of halogens is 4. The fourth-order valence-electron chi connectivity index (χ4n) is 3.44. The van der Waals surface area contributed by atoms with Crippen molar-refractivity contribution in [3.63, 3.8) is 0 Å². The van der Waals surface area contributed by atoms with Crippen molar-refractivity contribution < 1.29 is 27.4 Å². The molecule has 0 saturated heterocycles. The minimum atomic E-state index is -4.56. The molecule has 10 heteroatoms. The van der Waals surface area contributed by atoms with Gasteiger partial charge in [-0.15, -0.1) is 11.3 Å². The number of aromatic nitrogens is 1. The molecule has 2 aromatic carbocycles. The summed E-state index contributed by atoms with van der Waals surface area (Å²) in [5, 5.41) is 2.07. The molecule has 4 rings (SSSR count). The Labute approximate surface area is 201 Å². The van der Waals surface area contributed by atoms with Gasteiger partial charge < -0.3 is 15.2 Å². The van der Waals surface area contributed by atoms with Crippen LogP contribution in [-0.2, 0) is 17.5 Å². The summed E-state index contributed by atoms with van der Waals surface area (Å²) >= 11 is 7.06. The highest BCUT2D eigenvalue weighted by molar-refractivity contribution is 7.17. The zero-order valence-corrected chi connectivity index (χ0v) is 19.4. The average Bonchev–Trinajstić information content (AvgIpc) is 3.23. The number of hydrogen-bond acceptors (Lipinski definition) is 6. The van der Waals surface area contributed by atoms with E-state index in [4.69, 9.17) is 26.8 Å². The minimum Gasteiger partial charge on any atom is -0.489 e.